The number of anilines is 1. The van der Waals surface area contributed by atoms with E-state index in [-0.39, 0.29) is 5.91 Å². The van der Waals surface area contributed by atoms with Crippen LogP contribution in [0.25, 0.3) is 11.0 Å². The molecule has 1 amide bonds. The number of hydrogen-bond donors (Lipinski definition) is 0. The summed E-state index contributed by atoms with van der Waals surface area (Å²) in [5.74, 6) is 1.80. The Kier molecular flexibility index (Phi) is 6.20. The number of amides is 1. The fourth-order valence-electron chi connectivity index (χ4n) is 4.13. The van der Waals surface area contributed by atoms with Crippen LogP contribution in [0.1, 0.15) is 31.7 Å². The molecule has 7 heteroatoms. The molecule has 2 heterocycles. The lowest BCUT2D eigenvalue weighted by molar-refractivity contribution is -0.112. The zero-order valence-electron chi connectivity index (χ0n) is 19.1. The fourth-order valence-corrected chi connectivity index (χ4v) is 4.39. The van der Waals surface area contributed by atoms with E-state index < -0.39 is 0 Å². The van der Waals surface area contributed by atoms with Crippen molar-refractivity contribution in [3.63, 3.8) is 0 Å². The van der Waals surface area contributed by atoms with Crippen molar-refractivity contribution in [3.8, 4) is 5.75 Å². The van der Waals surface area contributed by atoms with Crippen LogP contribution in [0.15, 0.2) is 82.4 Å². The SMILES string of the molecule is CC(C)CCn1c(CN2C(=O)/C(=N/Oc3ccc(Br)cc3)c3ccccc32)nc2ccccc21. The molecule has 0 atom stereocenters. The zero-order chi connectivity index (χ0) is 23.7. The van der Waals surface area contributed by atoms with Crippen LogP contribution in [0.5, 0.6) is 5.75 Å². The van der Waals surface area contributed by atoms with Crippen molar-refractivity contribution in [2.45, 2.75) is 33.4 Å². The molecule has 3 aromatic carbocycles. The van der Waals surface area contributed by atoms with Gasteiger partial charge in [-0.15, -0.1) is 0 Å². The summed E-state index contributed by atoms with van der Waals surface area (Å²) in [6, 6.07) is 23.1. The topological polar surface area (TPSA) is 59.7 Å². The molecular weight excluding hydrogens is 492 g/mol. The van der Waals surface area contributed by atoms with Crippen LogP contribution in [0.2, 0.25) is 0 Å². The monoisotopic (exact) mass is 516 g/mol. The summed E-state index contributed by atoms with van der Waals surface area (Å²) in [4.78, 5) is 25.7. The third-order valence-electron chi connectivity index (χ3n) is 5.92. The molecule has 4 aromatic rings. The van der Waals surface area contributed by atoms with Gasteiger partial charge in [0, 0.05) is 16.6 Å². The van der Waals surface area contributed by atoms with Crippen LogP contribution < -0.4 is 9.74 Å². The van der Waals surface area contributed by atoms with Crippen molar-refractivity contribution in [3.05, 3.63) is 88.7 Å². The smallest absolute Gasteiger partial charge is 0.281 e. The van der Waals surface area contributed by atoms with Crippen molar-refractivity contribution >= 4 is 44.3 Å². The Balaban J connectivity index is 1.48. The molecule has 172 valence electrons. The maximum atomic E-state index is 13.5. The molecule has 1 aliphatic heterocycles. The Hall–Kier alpha value is -3.45. The van der Waals surface area contributed by atoms with Crippen LogP contribution in [0, 0.1) is 5.92 Å². The Labute approximate surface area is 207 Å². The van der Waals surface area contributed by atoms with Crippen molar-refractivity contribution in [1.82, 2.24) is 9.55 Å². The van der Waals surface area contributed by atoms with Gasteiger partial charge in [0.15, 0.2) is 11.5 Å². The number of benzene rings is 3. The van der Waals surface area contributed by atoms with Gasteiger partial charge in [-0.2, -0.15) is 0 Å². The first kappa shape index (κ1) is 22.3. The van der Waals surface area contributed by atoms with E-state index in [9.17, 15) is 4.79 Å². The van der Waals surface area contributed by atoms with E-state index >= 15 is 0 Å². The molecule has 34 heavy (non-hydrogen) atoms. The second-order valence-electron chi connectivity index (χ2n) is 8.74. The highest BCUT2D eigenvalue weighted by atomic mass is 79.9. The second kappa shape index (κ2) is 9.43. The van der Waals surface area contributed by atoms with Gasteiger partial charge in [-0.3, -0.25) is 9.69 Å². The molecular formula is C27H25BrN4O2. The van der Waals surface area contributed by atoms with Crippen molar-refractivity contribution in [1.29, 1.82) is 0 Å². The lowest BCUT2D eigenvalue weighted by atomic mass is 10.1. The van der Waals surface area contributed by atoms with E-state index in [2.05, 4.69) is 45.6 Å². The Morgan fingerprint density at radius 3 is 2.53 bits per heavy atom. The Morgan fingerprint density at radius 1 is 1.00 bits per heavy atom. The second-order valence-corrected chi connectivity index (χ2v) is 9.66. The number of hydrogen-bond acceptors (Lipinski definition) is 4. The van der Waals surface area contributed by atoms with E-state index in [4.69, 9.17) is 9.82 Å². The molecule has 0 saturated carbocycles. The number of carbonyl (C=O) groups excluding carboxylic acids is 1. The minimum Gasteiger partial charge on any atom is -0.356 e. The summed E-state index contributed by atoms with van der Waals surface area (Å²) in [5, 5.41) is 4.24. The fraction of sp³-hybridized carbons (Fsp3) is 0.222. The number of imidazole rings is 1. The highest BCUT2D eigenvalue weighted by Gasteiger charge is 2.35. The first-order valence-corrected chi connectivity index (χ1v) is 12.2. The average Bonchev–Trinajstić information content (AvgIpc) is 3.32. The van der Waals surface area contributed by atoms with Gasteiger partial charge in [-0.05, 0) is 54.8 Å². The van der Waals surface area contributed by atoms with E-state index in [0.717, 1.165) is 45.5 Å². The molecule has 0 aliphatic carbocycles. The number of rotatable bonds is 7. The van der Waals surface area contributed by atoms with Gasteiger partial charge in [-0.25, -0.2) is 4.98 Å². The third kappa shape index (κ3) is 4.35. The van der Waals surface area contributed by atoms with Gasteiger partial charge >= 0.3 is 0 Å². The minimum absolute atomic E-state index is 0.194. The van der Waals surface area contributed by atoms with Gasteiger partial charge < -0.3 is 9.40 Å². The normalized spacial score (nSPS) is 14.4. The molecule has 0 unspecified atom stereocenters. The first-order valence-electron chi connectivity index (χ1n) is 11.4. The summed E-state index contributed by atoms with van der Waals surface area (Å²) < 4.78 is 3.18. The molecule has 0 saturated heterocycles. The molecule has 1 aliphatic rings. The van der Waals surface area contributed by atoms with Crippen LogP contribution in [-0.2, 0) is 17.9 Å². The predicted octanol–water partition coefficient (Wildman–Crippen LogP) is 6.17. The third-order valence-corrected chi connectivity index (χ3v) is 6.45. The average molecular weight is 517 g/mol. The molecule has 0 bridgehead atoms. The van der Waals surface area contributed by atoms with Crippen molar-refractivity contribution < 1.29 is 9.63 Å². The van der Waals surface area contributed by atoms with Crippen LogP contribution >= 0.6 is 15.9 Å². The summed E-state index contributed by atoms with van der Waals surface area (Å²) in [6.45, 7) is 5.64. The molecule has 0 radical (unpaired) electrons. The molecule has 1 aromatic heterocycles. The molecule has 0 spiro atoms. The number of halogens is 1. The van der Waals surface area contributed by atoms with Crippen LogP contribution in [0.4, 0.5) is 5.69 Å². The first-order chi connectivity index (χ1) is 16.5. The number of carbonyl (C=O) groups is 1. The maximum absolute atomic E-state index is 13.5. The van der Waals surface area contributed by atoms with Gasteiger partial charge in [0.1, 0.15) is 5.82 Å². The van der Waals surface area contributed by atoms with Gasteiger partial charge in [0.2, 0.25) is 0 Å². The predicted molar refractivity (Wildman–Crippen MR) is 138 cm³/mol. The summed E-state index contributed by atoms with van der Waals surface area (Å²) >= 11 is 3.41. The van der Waals surface area contributed by atoms with Crippen molar-refractivity contribution in [2.75, 3.05) is 4.90 Å². The van der Waals surface area contributed by atoms with Gasteiger partial charge in [-0.1, -0.05) is 65.3 Å². The lowest BCUT2D eigenvalue weighted by Crippen LogP contribution is -2.31. The zero-order valence-corrected chi connectivity index (χ0v) is 20.7. The molecule has 0 fully saturated rings. The highest BCUT2D eigenvalue weighted by Crippen LogP contribution is 2.31. The summed E-state index contributed by atoms with van der Waals surface area (Å²) in [7, 11) is 0. The van der Waals surface area contributed by atoms with E-state index in [1.54, 1.807) is 17.0 Å². The standard InChI is InChI=1S/C27H25BrN4O2/c1-18(2)15-16-31-24-10-6-4-8-22(24)29-25(31)17-32-23-9-5-3-7-21(23)26(27(32)33)30-34-20-13-11-19(28)12-14-20/h3-14,18H,15-17H2,1-2H3/b30-26+. The quantitative estimate of drug-likeness (QED) is 0.275. The number of aromatic nitrogens is 2. The summed E-state index contributed by atoms with van der Waals surface area (Å²) in [5.41, 5.74) is 3.89. The van der Waals surface area contributed by atoms with E-state index in [1.807, 2.05) is 54.6 Å². The minimum atomic E-state index is -0.194. The number of fused-ring (bicyclic) bond motifs is 2. The van der Waals surface area contributed by atoms with E-state index in [0.29, 0.717) is 23.9 Å². The number of nitrogens with zero attached hydrogens (tertiary/aromatic N) is 4. The highest BCUT2D eigenvalue weighted by molar-refractivity contribution is 9.10. The lowest BCUT2D eigenvalue weighted by Gasteiger charge is -2.18. The number of aryl methyl sites for hydroxylation is 1. The van der Waals surface area contributed by atoms with Gasteiger partial charge in [0.05, 0.1) is 23.3 Å². The van der Waals surface area contributed by atoms with Crippen molar-refractivity contribution in [2.24, 2.45) is 11.1 Å². The Morgan fingerprint density at radius 2 is 1.74 bits per heavy atom. The number of oxime groups is 1. The van der Waals surface area contributed by atoms with E-state index in [1.165, 1.54) is 0 Å². The maximum Gasteiger partial charge on any atom is 0.281 e. The Bertz CT molecular complexity index is 1380. The van der Waals surface area contributed by atoms with Gasteiger partial charge in [0.25, 0.3) is 5.91 Å². The molecule has 5 rings (SSSR count). The molecule has 6 nitrogen and oxygen atoms in total. The summed E-state index contributed by atoms with van der Waals surface area (Å²) in [6.07, 6.45) is 1.03. The van der Waals surface area contributed by atoms with Crippen LogP contribution in [-0.4, -0.2) is 21.2 Å². The van der Waals surface area contributed by atoms with Crippen LogP contribution in [0.3, 0.4) is 0 Å². The number of para-hydroxylation sites is 3. The molecule has 0 N–H and O–H groups in total. The largest absolute Gasteiger partial charge is 0.356 e.